The van der Waals surface area contributed by atoms with Crippen molar-refractivity contribution in [3.8, 4) is 5.75 Å². The van der Waals surface area contributed by atoms with Crippen molar-refractivity contribution < 1.29 is 4.74 Å². The molecule has 2 nitrogen and oxygen atoms in total. The van der Waals surface area contributed by atoms with Gasteiger partial charge in [-0.2, -0.15) is 0 Å². The van der Waals surface area contributed by atoms with E-state index in [0.29, 0.717) is 0 Å². The van der Waals surface area contributed by atoms with Gasteiger partial charge in [0.2, 0.25) is 0 Å². The van der Waals surface area contributed by atoms with E-state index in [1.54, 1.807) is 0 Å². The number of nitrogens with zero attached hydrogens (tertiary/aromatic N) is 1. The van der Waals surface area contributed by atoms with Crippen LogP contribution in [0.5, 0.6) is 5.75 Å². The van der Waals surface area contributed by atoms with E-state index in [-0.39, 0.29) is 12.4 Å². The van der Waals surface area contributed by atoms with Crippen molar-refractivity contribution in [2.45, 2.75) is 32.6 Å². The van der Waals surface area contributed by atoms with Crippen LogP contribution in [0.4, 0.5) is 0 Å². The third-order valence-electron chi connectivity index (χ3n) is 6.04. The summed E-state index contributed by atoms with van der Waals surface area (Å²) in [5.41, 5.74) is 5.91. The van der Waals surface area contributed by atoms with Gasteiger partial charge in [0.05, 0.1) is 6.61 Å². The van der Waals surface area contributed by atoms with E-state index in [1.165, 1.54) is 49.1 Å². The zero-order chi connectivity index (χ0) is 22.2. The van der Waals surface area contributed by atoms with Crippen LogP contribution in [0.15, 0.2) is 72.8 Å². The Morgan fingerprint density at radius 3 is 2.09 bits per heavy atom. The van der Waals surface area contributed by atoms with Gasteiger partial charge in [-0.25, -0.2) is 0 Å². The molecule has 1 heterocycles. The highest BCUT2D eigenvalue weighted by Gasteiger charge is 2.10. The summed E-state index contributed by atoms with van der Waals surface area (Å²) in [4.78, 5) is 2.56. The van der Waals surface area contributed by atoms with E-state index in [2.05, 4.69) is 78.6 Å². The number of hydrogen-bond donors (Lipinski definition) is 0. The summed E-state index contributed by atoms with van der Waals surface area (Å²) in [6.07, 6.45) is 7.38. The lowest BCUT2D eigenvalue weighted by molar-refractivity contribution is 0.205. The molecule has 3 aromatic rings. The summed E-state index contributed by atoms with van der Waals surface area (Å²) in [7, 11) is 0. The largest absolute Gasteiger partial charge is 0.494 e. The molecular weight excluding hydrogens is 449 g/mol. The first kappa shape index (κ1) is 25.4. The van der Waals surface area contributed by atoms with Crippen LogP contribution in [-0.2, 0) is 0 Å². The molecule has 0 N–H and O–H groups in total. The highest BCUT2D eigenvalue weighted by Crippen LogP contribution is 2.29. The van der Waals surface area contributed by atoms with Gasteiger partial charge in [-0.3, -0.25) is 0 Å². The van der Waals surface area contributed by atoms with Crippen molar-refractivity contribution in [2.75, 3.05) is 26.2 Å². The van der Waals surface area contributed by atoms with Crippen LogP contribution in [0.25, 0.3) is 11.6 Å². The monoisotopic (exact) mass is 481 g/mol. The van der Waals surface area contributed by atoms with E-state index in [1.807, 2.05) is 12.1 Å². The summed E-state index contributed by atoms with van der Waals surface area (Å²) < 4.78 is 6.02. The number of hydrogen-bond acceptors (Lipinski definition) is 2. The molecule has 1 aliphatic rings. The molecule has 4 rings (SSSR count). The summed E-state index contributed by atoms with van der Waals surface area (Å²) >= 11 is 6.13. The lowest BCUT2D eigenvalue weighted by Gasteiger charge is -2.26. The van der Waals surface area contributed by atoms with Crippen LogP contribution in [0.2, 0.25) is 5.02 Å². The maximum atomic E-state index is 6.13. The Morgan fingerprint density at radius 2 is 1.45 bits per heavy atom. The number of ether oxygens (including phenoxy) is 1. The Bertz CT molecular complexity index is 1000. The molecular formula is C29H33Cl2NO. The van der Waals surface area contributed by atoms with E-state index >= 15 is 0 Å². The van der Waals surface area contributed by atoms with Crippen LogP contribution in [-0.4, -0.2) is 31.1 Å². The van der Waals surface area contributed by atoms with Gasteiger partial charge in [-0.1, -0.05) is 72.1 Å². The minimum Gasteiger partial charge on any atom is -0.494 e. The molecule has 1 aliphatic heterocycles. The van der Waals surface area contributed by atoms with Crippen LogP contribution >= 0.6 is 24.0 Å². The predicted molar refractivity (Wildman–Crippen MR) is 144 cm³/mol. The maximum Gasteiger partial charge on any atom is 0.119 e. The van der Waals surface area contributed by atoms with Crippen molar-refractivity contribution in [1.29, 1.82) is 0 Å². The number of benzene rings is 3. The van der Waals surface area contributed by atoms with Crippen molar-refractivity contribution >= 4 is 35.7 Å². The van der Waals surface area contributed by atoms with Gasteiger partial charge in [0.15, 0.2) is 0 Å². The Morgan fingerprint density at radius 1 is 0.848 bits per heavy atom. The Labute approximate surface area is 209 Å². The molecule has 0 unspecified atom stereocenters. The third kappa shape index (κ3) is 7.64. The van der Waals surface area contributed by atoms with Gasteiger partial charge >= 0.3 is 0 Å². The molecule has 3 aromatic carbocycles. The normalized spacial score (nSPS) is 14.5. The van der Waals surface area contributed by atoms with E-state index in [0.717, 1.165) is 41.5 Å². The molecule has 1 saturated heterocycles. The zero-order valence-electron chi connectivity index (χ0n) is 19.3. The lowest BCUT2D eigenvalue weighted by atomic mass is 9.95. The van der Waals surface area contributed by atoms with Gasteiger partial charge in [-0.05, 0) is 91.9 Å². The molecule has 0 bridgehead atoms. The minimum absolute atomic E-state index is 0. The number of likely N-dealkylation sites (tertiary alicyclic amines) is 1. The summed E-state index contributed by atoms with van der Waals surface area (Å²) in [6, 6.07) is 25.1. The lowest BCUT2D eigenvalue weighted by Crippen LogP contribution is -2.31. The first-order chi connectivity index (χ1) is 15.7. The molecule has 1 fully saturated rings. The minimum atomic E-state index is 0. The SMILES string of the molecule is Cc1ccc(/C=C(\c2ccc(Cl)cc2)c2ccc(OCCCN3CCCCC3)cc2)cc1.Cl. The van der Waals surface area contributed by atoms with Crippen LogP contribution in [0.3, 0.4) is 0 Å². The molecule has 0 spiro atoms. The molecule has 0 amide bonds. The highest BCUT2D eigenvalue weighted by molar-refractivity contribution is 6.30. The first-order valence-electron chi connectivity index (χ1n) is 11.7. The first-order valence-corrected chi connectivity index (χ1v) is 12.0. The number of piperidine rings is 1. The second-order valence-electron chi connectivity index (χ2n) is 8.60. The van der Waals surface area contributed by atoms with E-state index < -0.39 is 0 Å². The average Bonchev–Trinajstić information content (AvgIpc) is 2.83. The number of rotatable bonds is 8. The molecule has 0 radical (unpaired) electrons. The standard InChI is InChI=1S/C29H32ClNO.ClH/c1-23-6-8-24(9-7-23)22-29(25-10-14-27(30)15-11-25)26-12-16-28(17-13-26)32-21-5-20-31-18-3-2-4-19-31;/h6-17,22H,2-5,18-21H2,1H3;1H/b29-22+;. The van der Waals surface area contributed by atoms with Crippen LogP contribution < -0.4 is 4.74 Å². The van der Waals surface area contributed by atoms with E-state index in [4.69, 9.17) is 16.3 Å². The summed E-state index contributed by atoms with van der Waals surface area (Å²) in [5, 5.41) is 0.747. The van der Waals surface area contributed by atoms with Crippen molar-refractivity contribution in [1.82, 2.24) is 4.90 Å². The topological polar surface area (TPSA) is 12.5 Å². The van der Waals surface area contributed by atoms with Gasteiger partial charge in [0, 0.05) is 11.6 Å². The van der Waals surface area contributed by atoms with Crippen molar-refractivity contribution in [3.05, 3.63) is 100 Å². The molecule has 0 saturated carbocycles. The third-order valence-corrected chi connectivity index (χ3v) is 6.30. The molecule has 0 aliphatic carbocycles. The van der Waals surface area contributed by atoms with Crippen LogP contribution in [0, 0.1) is 6.92 Å². The maximum absolute atomic E-state index is 6.13. The molecule has 174 valence electrons. The average molecular weight is 482 g/mol. The molecule has 0 aromatic heterocycles. The smallest absolute Gasteiger partial charge is 0.119 e. The summed E-state index contributed by atoms with van der Waals surface area (Å²) in [6.45, 7) is 6.50. The van der Waals surface area contributed by atoms with Gasteiger partial charge in [0.25, 0.3) is 0 Å². The van der Waals surface area contributed by atoms with Gasteiger partial charge < -0.3 is 9.64 Å². The Balaban J connectivity index is 0.00000306. The fourth-order valence-corrected chi connectivity index (χ4v) is 4.31. The second-order valence-corrected chi connectivity index (χ2v) is 9.04. The van der Waals surface area contributed by atoms with Crippen molar-refractivity contribution in [3.63, 3.8) is 0 Å². The predicted octanol–water partition coefficient (Wildman–Crippen LogP) is 7.91. The highest BCUT2D eigenvalue weighted by atomic mass is 35.5. The fourth-order valence-electron chi connectivity index (χ4n) is 4.18. The molecule has 0 atom stereocenters. The molecule has 4 heteroatoms. The number of halogens is 2. The van der Waals surface area contributed by atoms with Crippen LogP contribution in [0.1, 0.15) is 47.9 Å². The van der Waals surface area contributed by atoms with Crippen molar-refractivity contribution in [2.24, 2.45) is 0 Å². The van der Waals surface area contributed by atoms with Gasteiger partial charge in [0.1, 0.15) is 5.75 Å². The molecule has 33 heavy (non-hydrogen) atoms. The Kier molecular flexibility index (Phi) is 9.87. The van der Waals surface area contributed by atoms with E-state index in [9.17, 15) is 0 Å². The Hall–Kier alpha value is -2.26. The number of aryl methyl sites for hydroxylation is 1. The quantitative estimate of drug-likeness (QED) is 0.239. The second kappa shape index (κ2) is 12.8. The fraction of sp³-hybridized carbons (Fsp3) is 0.310. The van der Waals surface area contributed by atoms with Gasteiger partial charge in [-0.15, -0.1) is 12.4 Å². The summed E-state index contributed by atoms with van der Waals surface area (Å²) in [5.74, 6) is 0.929. The zero-order valence-corrected chi connectivity index (χ0v) is 20.9.